The van der Waals surface area contributed by atoms with Gasteiger partial charge in [0.2, 0.25) is 0 Å². The Balaban J connectivity index is 1.79. The van der Waals surface area contributed by atoms with Gasteiger partial charge in [-0.25, -0.2) is 0 Å². The number of hydrogen-bond acceptors (Lipinski definition) is 2. The van der Waals surface area contributed by atoms with Crippen LogP contribution in [0.4, 0.5) is 0 Å². The van der Waals surface area contributed by atoms with Crippen LogP contribution in [0.3, 0.4) is 0 Å². The van der Waals surface area contributed by atoms with Crippen molar-refractivity contribution >= 4 is 22.7 Å². The zero-order chi connectivity index (χ0) is 14.8. The van der Waals surface area contributed by atoms with Gasteiger partial charge in [-0.05, 0) is 37.7 Å². The molecule has 1 aromatic carbocycles. The zero-order valence-electron chi connectivity index (χ0n) is 13.4. The SMILES string of the molecule is CSC1CCCCC1NCc1c(C)c2ccccc2n1C. The van der Waals surface area contributed by atoms with Gasteiger partial charge in [-0.15, -0.1) is 0 Å². The Kier molecular flexibility index (Phi) is 4.60. The van der Waals surface area contributed by atoms with E-state index in [0.29, 0.717) is 6.04 Å². The van der Waals surface area contributed by atoms with Crippen LogP contribution in [0.25, 0.3) is 10.9 Å². The maximum absolute atomic E-state index is 3.84. The van der Waals surface area contributed by atoms with Crippen LogP contribution >= 0.6 is 11.8 Å². The van der Waals surface area contributed by atoms with E-state index in [1.165, 1.54) is 47.8 Å². The molecule has 1 fully saturated rings. The minimum Gasteiger partial charge on any atom is -0.346 e. The molecule has 3 heteroatoms. The lowest BCUT2D eigenvalue weighted by molar-refractivity contribution is 0.380. The third-order valence-electron chi connectivity index (χ3n) is 5.04. The summed E-state index contributed by atoms with van der Waals surface area (Å²) in [6.07, 6.45) is 7.73. The number of hydrogen-bond donors (Lipinski definition) is 1. The summed E-state index contributed by atoms with van der Waals surface area (Å²) in [7, 11) is 2.19. The van der Waals surface area contributed by atoms with Crippen molar-refractivity contribution in [3.8, 4) is 0 Å². The molecule has 0 aliphatic heterocycles. The molecule has 0 radical (unpaired) electrons. The van der Waals surface area contributed by atoms with Gasteiger partial charge < -0.3 is 9.88 Å². The van der Waals surface area contributed by atoms with Crippen molar-refractivity contribution in [3.05, 3.63) is 35.5 Å². The van der Waals surface area contributed by atoms with Crippen molar-refractivity contribution in [1.82, 2.24) is 9.88 Å². The van der Waals surface area contributed by atoms with Crippen LogP contribution in [0.15, 0.2) is 24.3 Å². The lowest BCUT2D eigenvalue weighted by Crippen LogP contribution is -2.40. The number of aryl methyl sites for hydroxylation is 2. The van der Waals surface area contributed by atoms with Gasteiger partial charge in [-0.2, -0.15) is 11.8 Å². The third kappa shape index (κ3) is 2.86. The molecular weight excluding hydrogens is 276 g/mol. The summed E-state index contributed by atoms with van der Waals surface area (Å²) in [5.74, 6) is 0. The maximum atomic E-state index is 3.84. The van der Waals surface area contributed by atoms with Crippen LogP contribution in [0, 0.1) is 6.92 Å². The first kappa shape index (κ1) is 15.0. The Hall–Kier alpha value is -0.930. The smallest absolute Gasteiger partial charge is 0.0483 e. The monoisotopic (exact) mass is 302 g/mol. The van der Waals surface area contributed by atoms with Gasteiger partial charge in [0.1, 0.15) is 0 Å². The molecule has 114 valence electrons. The highest BCUT2D eigenvalue weighted by atomic mass is 32.2. The van der Waals surface area contributed by atoms with E-state index in [1.54, 1.807) is 0 Å². The Morgan fingerprint density at radius 1 is 1.24 bits per heavy atom. The number of benzene rings is 1. The van der Waals surface area contributed by atoms with E-state index in [9.17, 15) is 0 Å². The molecule has 2 atom stereocenters. The van der Waals surface area contributed by atoms with E-state index in [4.69, 9.17) is 0 Å². The van der Waals surface area contributed by atoms with Crippen LogP contribution in [-0.4, -0.2) is 22.1 Å². The number of fused-ring (bicyclic) bond motifs is 1. The zero-order valence-corrected chi connectivity index (χ0v) is 14.2. The lowest BCUT2D eigenvalue weighted by atomic mass is 9.95. The Morgan fingerprint density at radius 2 is 2.00 bits per heavy atom. The fourth-order valence-electron chi connectivity index (χ4n) is 3.73. The summed E-state index contributed by atoms with van der Waals surface area (Å²) in [5, 5.41) is 6.02. The normalized spacial score (nSPS) is 22.8. The highest BCUT2D eigenvalue weighted by molar-refractivity contribution is 7.99. The fraction of sp³-hybridized carbons (Fsp3) is 0.556. The van der Waals surface area contributed by atoms with E-state index < -0.39 is 0 Å². The molecule has 21 heavy (non-hydrogen) atoms. The predicted octanol–water partition coefficient (Wildman–Crippen LogP) is 4.25. The van der Waals surface area contributed by atoms with Crippen LogP contribution in [0.2, 0.25) is 0 Å². The van der Waals surface area contributed by atoms with E-state index in [1.807, 2.05) is 11.8 Å². The number of nitrogens with one attached hydrogen (secondary N) is 1. The van der Waals surface area contributed by atoms with E-state index >= 15 is 0 Å². The quantitative estimate of drug-likeness (QED) is 0.909. The minimum atomic E-state index is 0.672. The topological polar surface area (TPSA) is 17.0 Å². The molecule has 0 bridgehead atoms. The molecular formula is C18H26N2S. The molecule has 2 nitrogen and oxygen atoms in total. The number of para-hydroxylation sites is 1. The largest absolute Gasteiger partial charge is 0.346 e. The molecule has 1 heterocycles. The lowest BCUT2D eigenvalue weighted by Gasteiger charge is -2.31. The Labute approximate surface area is 132 Å². The fourth-order valence-corrected chi connectivity index (χ4v) is 4.69. The summed E-state index contributed by atoms with van der Waals surface area (Å²) in [4.78, 5) is 0. The molecule has 0 spiro atoms. The Morgan fingerprint density at radius 3 is 2.76 bits per heavy atom. The number of nitrogens with zero attached hydrogens (tertiary/aromatic N) is 1. The molecule has 1 aromatic heterocycles. The summed E-state index contributed by atoms with van der Waals surface area (Å²) in [6.45, 7) is 3.24. The van der Waals surface area contributed by atoms with Crippen molar-refractivity contribution in [2.24, 2.45) is 7.05 Å². The summed E-state index contributed by atoms with van der Waals surface area (Å²) in [5.41, 5.74) is 4.20. The first-order valence-electron chi connectivity index (χ1n) is 8.01. The van der Waals surface area contributed by atoms with Crippen LogP contribution in [0.1, 0.15) is 36.9 Å². The molecule has 3 rings (SSSR count). The van der Waals surface area contributed by atoms with Crippen molar-refractivity contribution < 1.29 is 0 Å². The first-order valence-corrected chi connectivity index (χ1v) is 9.30. The standard InChI is InChI=1S/C18H26N2S/c1-13-14-8-4-6-10-16(14)20(2)17(13)12-19-15-9-5-7-11-18(15)21-3/h4,6,8,10,15,18-19H,5,7,9,11-12H2,1-3H3. The molecule has 1 aliphatic rings. The summed E-state index contributed by atoms with van der Waals surface area (Å²) in [6, 6.07) is 9.39. The number of thioether (sulfide) groups is 1. The van der Waals surface area contributed by atoms with Crippen LogP contribution < -0.4 is 5.32 Å². The van der Waals surface area contributed by atoms with E-state index in [2.05, 4.69) is 54.4 Å². The average Bonchev–Trinajstić information content (AvgIpc) is 2.78. The second-order valence-corrected chi connectivity index (χ2v) is 7.27. The number of aromatic nitrogens is 1. The van der Waals surface area contributed by atoms with E-state index in [-0.39, 0.29) is 0 Å². The van der Waals surface area contributed by atoms with Crippen molar-refractivity contribution in [2.45, 2.75) is 50.4 Å². The predicted molar refractivity (Wildman–Crippen MR) is 94.1 cm³/mol. The van der Waals surface area contributed by atoms with Gasteiger partial charge >= 0.3 is 0 Å². The molecule has 2 aromatic rings. The molecule has 0 saturated heterocycles. The molecule has 2 unspecified atom stereocenters. The second-order valence-electron chi connectivity index (χ2n) is 6.19. The summed E-state index contributed by atoms with van der Waals surface area (Å²) < 4.78 is 2.36. The average molecular weight is 302 g/mol. The van der Waals surface area contributed by atoms with Crippen LogP contribution in [0.5, 0.6) is 0 Å². The minimum absolute atomic E-state index is 0.672. The molecule has 1 aliphatic carbocycles. The highest BCUT2D eigenvalue weighted by Gasteiger charge is 2.24. The third-order valence-corrected chi connectivity index (χ3v) is 6.21. The molecule has 1 saturated carbocycles. The first-order chi connectivity index (χ1) is 10.2. The van der Waals surface area contributed by atoms with E-state index in [0.717, 1.165) is 11.8 Å². The van der Waals surface area contributed by atoms with Gasteiger partial charge in [0.15, 0.2) is 0 Å². The Bertz CT molecular complexity index is 578. The highest BCUT2D eigenvalue weighted by Crippen LogP contribution is 2.28. The number of rotatable bonds is 4. The molecule has 1 N–H and O–H groups in total. The van der Waals surface area contributed by atoms with Gasteiger partial charge in [0.25, 0.3) is 0 Å². The van der Waals surface area contributed by atoms with Gasteiger partial charge in [-0.3, -0.25) is 0 Å². The van der Waals surface area contributed by atoms with Crippen molar-refractivity contribution in [2.75, 3.05) is 6.26 Å². The maximum Gasteiger partial charge on any atom is 0.0483 e. The van der Waals surface area contributed by atoms with Gasteiger partial charge in [0, 0.05) is 41.5 Å². The molecule has 0 amide bonds. The van der Waals surface area contributed by atoms with Crippen molar-refractivity contribution in [3.63, 3.8) is 0 Å². The van der Waals surface area contributed by atoms with Crippen molar-refractivity contribution in [1.29, 1.82) is 0 Å². The van der Waals surface area contributed by atoms with Gasteiger partial charge in [-0.1, -0.05) is 31.0 Å². The van der Waals surface area contributed by atoms with Crippen LogP contribution in [-0.2, 0) is 13.6 Å². The van der Waals surface area contributed by atoms with Gasteiger partial charge in [0.05, 0.1) is 0 Å². The second kappa shape index (κ2) is 6.45. The summed E-state index contributed by atoms with van der Waals surface area (Å²) >= 11 is 2.03.